The summed E-state index contributed by atoms with van der Waals surface area (Å²) in [7, 11) is 1.35. The van der Waals surface area contributed by atoms with Crippen LogP contribution in [0.2, 0.25) is 0 Å². The van der Waals surface area contributed by atoms with Gasteiger partial charge in [0.25, 0.3) is 0 Å². The third-order valence-electron chi connectivity index (χ3n) is 7.11. The molecule has 0 radical (unpaired) electrons. The Morgan fingerprint density at radius 1 is 0.895 bits per heavy atom. The summed E-state index contributed by atoms with van der Waals surface area (Å²) in [5, 5.41) is 0. The lowest BCUT2D eigenvalue weighted by Crippen LogP contribution is -2.36. The highest BCUT2D eigenvalue weighted by Gasteiger charge is 2.27. The molecular formula is C32H31N3O3. The highest BCUT2D eigenvalue weighted by atomic mass is 16.5. The van der Waals surface area contributed by atoms with Crippen LogP contribution in [0.1, 0.15) is 43.2 Å². The molecule has 0 spiro atoms. The second-order valence-corrected chi connectivity index (χ2v) is 9.67. The van der Waals surface area contributed by atoms with Gasteiger partial charge in [0.15, 0.2) is 0 Å². The zero-order valence-electron chi connectivity index (χ0n) is 21.5. The molecule has 1 aliphatic carbocycles. The second kappa shape index (κ2) is 11.8. The van der Waals surface area contributed by atoms with E-state index < -0.39 is 5.97 Å². The van der Waals surface area contributed by atoms with Gasteiger partial charge in [-0.3, -0.25) is 14.8 Å². The monoisotopic (exact) mass is 505 g/mol. The zero-order valence-corrected chi connectivity index (χ0v) is 21.5. The van der Waals surface area contributed by atoms with Gasteiger partial charge in [0.1, 0.15) is 0 Å². The standard InChI is InChI=1S/C32H31N3O3/c1-38-31(36)17-12-23-6-5-9-28(20-23)35(32(37)26-7-3-2-4-8-26)22-24-10-13-25(14-11-24)27-15-16-29-30(21-27)34-19-18-33-29/h5-6,9-21,26H,2-4,7-8,22H2,1H3/b17-12+. The van der Waals surface area contributed by atoms with Crippen molar-refractivity contribution in [3.8, 4) is 11.1 Å². The van der Waals surface area contributed by atoms with E-state index in [4.69, 9.17) is 4.74 Å². The maximum atomic E-state index is 13.8. The number of ether oxygens (including phenoxy) is 1. The molecule has 38 heavy (non-hydrogen) atoms. The predicted octanol–water partition coefficient (Wildman–Crippen LogP) is 6.60. The molecule has 0 N–H and O–H groups in total. The Labute approximate surface area is 223 Å². The van der Waals surface area contributed by atoms with Crippen LogP contribution in [0.3, 0.4) is 0 Å². The summed E-state index contributed by atoms with van der Waals surface area (Å²) in [6.07, 6.45) is 11.7. The van der Waals surface area contributed by atoms with E-state index in [0.717, 1.165) is 64.7 Å². The molecule has 1 heterocycles. The largest absolute Gasteiger partial charge is 0.466 e. The average Bonchev–Trinajstić information content (AvgIpc) is 2.99. The molecule has 4 aromatic rings. The number of benzene rings is 3. The number of carbonyl (C=O) groups excluding carboxylic acids is 2. The van der Waals surface area contributed by atoms with Gasteiger partial charge in [0.05, 0.1) is 24.7 Å². The predicted molar refractivity (Wildman–Crippen MR) is 150 cm³/mol. The summed E-state index contributed by atoms with van der Waals surface area (Å²) >= 11 is 0. The van der Waals surface area contributed by atoms with Gasteiger partial charge in [-0.05, 0) is 65.4 Å². The number of anilines is 1. The van der Waals surface area contributed by atoms with Gasteiger partial charge in [-0.2, -0.15) is 0 Å². The van der Waals surface area contributed by atoms with E-state index in [9.17, 15) is 9.59 Å². The van der Waals surface area contributed by atoms with Crippen molar-refractivity contribution in [1.29, 1.82) is 0 Å². The Balaban J connectivity index is 1.41. The van der Waals surface area contributed by atoms with E-state index in [0.29, 0.717) is 6.54 Å². The number of nitrogens with zero attached hydrogens (tertiary/aromatic N) is 3. The van der Waals surface area contributed by atoms with Crippen molar-refractivity contribution in [2.24, 2.45) is 5.92 Å². The van der Waals surface area contributed by atoms with Crippen molar-refractivity contribution in [2.75, 3.05) is 12.0 Å². The van der Waals surface area contributed by atoms with Crippen LogP contribution in [0.4, 0.5) is 5.69 Å². The maximum absolute atomic E-state index is 13.8. The minimum atomic E-state index is -0.413. The Morgan fingerprint density at radius 3 is 2.39 bits per heavy atom. The van der Waals surface area contributed by atoms with Crippen molar-refractivity contribution >= 4 is 34.7 Å². The lowest BCUT2D eigenvalue weighted by molar-refractivity contribution is -0.134. The molecule has 1 fully saturated rings. The molecule has 1 saturated carbocycles. The first-order chi connectivity index (χ1) is 18.6. The van der Waals surface area contributed by atoms with E-state index >= 15 is 0 Å². The third-order valence-corrected chi connectivity index (χ3v) is 7.11. The summed E-state index contributed by atoms with van der Waals surface area (Å²) in [6, 6.07) is 22.2. The molecule has 1 aromatic heterocycles. The normalized spacial score (nSPS) is 14.0. The van der Waals surface area contributed by atoms with Crippen molar-refractivity contribution in [2.45, 2.75) is 38.6 Å². The van der Waals surface area contributed by atoms with Gasteiger partial charge in [-0.25, -0.2) is 4.79 Å². The molecule has 0 aliphatic heterocycles. The van der Waals surface area contributed by atoms with Crippen molar-refractivity contribution in [3.63, 3.8) is 0 Å². The van der Waals surface area contributed by atoms with Crippen LogP contribution in [0.5, 0.6) is 0 Å². The van der Waals surface area contributed by atoms with Gasteiger partial charge in [-0.15, -0.1) is 0 Å². The van der Waals surface area contributed by atoms with Crippen LogP contribution in [0.15, 0.2) is 85.2 Å². The van der Waals surface area contributed by atoms with E-state index in [1.54, 1.807) is 18.5 Å². The summed E-state index contributed by atoms with van der Waals surface area (Å²) in [4.78, 5) is 36.0. The van der Waals surface area contributed by atoms with Crippen LogP contribution < -0.4 is 4.90 Å². The lowest BCUT2D eigenvalue weighted by Gasteiger charge is -2.30. The van der Waals surface area contributed by atoms with E-state index in [1.165, 1.54) is 19.6 Å². The van der Waals surface area contributed by atoms with Crippen LogP contribution in [0.25, 0.3) is 28.2 Å². The first-order valence-corrected chi connectivity index (χ1v) is 13.1. The number of esters is 1. The van der Waals surface area contributed by atoms with Crippen molar-refractivity contribution < 1.29 is 14.3 Å². The highest BCUT2D eigenvalue weighted by molar-refractivity contribution is 5.95. The smallest absolute Gasteiger partial charge is 0.330 e. The number of amides is 1. The highest BCUT2D eigenvalue weighted by Crippen LogP contribution is 2.30. The number of rotatable bonds is 7. The molecule has 0 saturated heterocycles. The first kappa shape index (κ1) is 25.3. The molecular weight excluding hydrogens is 474 g/mol. The zero-order chi connectivity index (χ0) is 26.3. The van der Waals surface area contributed by atoms with E-state index in [-0.39, 0.29) is 11.8 Å². The Bertz CT molecular complexity index is 1460. The molecule has 3 aromatic carbocycles. The number of methoxy groups -OCH3 is 1. The SMILES string of the molecule is COC(=O)/C=C/c1cccc(N(Cc2ccc(-c3ccc4nccnc4c3)cc2)C(=O)C2CCCCC2)c1. The van der Waals surface area contributed by atoms with Crippen LogP contribution in [-0.2, 0) is 20.9 Å². The molecule has 1 aliphatic rings. The second-order valence-electron chi connectivity index (χ2n) is 9.67. The lowest BCUT2D eigenvalue weighted by atomic mass is 9.88. The van der Waals surface area contributed by atoms with Gasteiger partial charge in [-0.1, -0.05) is 61.7 Å². The maximum Gasteiger partial charge on any atom is 0.330 e. The van der Waals surface area contributed by atoms with Crippen molar-refractivity contribution in [3.05, 3.63) is 96.3 Å². The van der Waals surface area contributed by atoms with Gasteiger partial charge in [0.2, 0.25) is 5.91 Å². The van der Waals surface area contributed by atoms with Crippen LogP contribution >= 0.6 is 0 Å². The number of fused-ring (bicyclic) bond motifs is 1. The van der Waals surface area contributed by atoms with Gasteiger partial charge in [0, 0.05) is 30.1 Å². The molecule has 5 rings (SSSR count). The third kappa shape index (κ3) is 5.97. The minimum Gasteiger partial charge on any atom is -0.466 e. The molecule has 1 amide bonds. The topological polar surface area (TPSA) is 72.4 Å². The number of hydrogen-bond acceptors (Lipinski definition) is 5. The Hall–Kier alpha value is -4.32. The van der Waals surface area contributed by atoms with Gasteiger partial charge >= 0.3 is 5.97 Å². The number of carbonyl (C=O) groups is 2. The quantitative estimate of drug-likeness (QED) is 0.209. The fourth-order valence-electron chi connectivity index (χ4n) is 5.02. The molecule has 0 atom stereocenters. The van der Waals surface area contributed by atoms with E-state index in [2.05, 4.69) is 40.3 Å². The Kier molecular flexibility index (Phi) is 7.88. The van der Waals surface area contributed by atoms with E-state index in [1.807, 2.05) is 41.3 Å². The van der Waals surface area contributed by atoms with Crippen molar-refractivity contribution in [1.82, 2.24) is 9.97 Å². The van der Waals surface area contributed by atoms with Gasteiger partial charge < -0.3 is 9.64 Å². The number of aromatic nitrogens is 2. The fraction of sp³-hybridized carbons (Fsp3) is 0.250. The number of hydrogen-bond donors (Lipinski definition) is 0. The van der Waals surface area contributed by atoms with Crippen LogP contribution in [0, 0.1) is 5.92 Å². The fourth-order valence-corrected chi connectivity index (χ4v) is 5.02. The summed E-state index contributed by atoms with van der Waals surface area (Å²) in [5.74, 6) is -0.212. The molecule has 0 bridgehead atoms. The molecule has 6 heteroatoms. The minimum absolute atomic E-state index is 0.0380. The first-order valence-electron chi connectivity index (χ1n) is 13.1. The molecule has 192 valence electrons. The Morgan fingerprint density at radius 2 is 1.63 bits per heavy atom. The van der Waals surface area contributed by atoms with Crippen LogP contribution in [-0.4, -0.2) is 29.0 Å². The molecule has 0 unspecified atom stereocenters. The average molecular weight is 506 g/mol. The molecule has 6 nitrogen and oxygen atoms in total. The summed E-state index contributed by atoms with van der Waals surface area (Å²) < 4.78 is 4.71. The summed E-state index contributed by atoms with van der Waals surface area (Å²) in [5.41, 5.74) is 6.60. The summed E-state index contributed by atoms with van der Waals surface area (Å²) in [6.45, 7) is 0.475.